The maximum absolute atomic E-state index is 12.9. The predicted octanol–water partition coefficient (Wildman–Crippen LogP) is 3.36. The van der Waals surface area contributed by atoms with Crippen LogP contribution in [0, 0.1) is 0 Å². The van der Waals surface area contributed by atoms with Gasteiger partial charge < -0.3 is 9.64 Å². The molecule has 0 aromatic heterocycles. The standard InChI is InChI=1S/C20H27ClN2O5S/c1-3-4-5-15-13-28-20(25)23(15)14-8-10-22(11-9-14)19(24)17-7-6-16(12-18(17)21)29(2,26)27/h6-7,12,14-15H,3-5,8-11,13H2,1-2H3. The molecule has 2 fully saturated rings. The van der Waals surface area contributed by atoms with Crippen LogP contribution in [0.2, 0.25) is 5.02 Å². The second kappa shape index (κ2) is 8.92. The first-order valence-electron chi connectivity index (χ1n) is 9.96. The van der Waals surface area contributed by atoms with Crippen LogP contribution in [0.3, 0.4) is 0 Å². The van der Waals surface area contributed by atoms with E-state index in [1.165, 1.54) is 18.2 Å². The summed E-state index contributed by atoms with van der Waals surface area (Å²) in [7, 11) is -3.39. The van der Waals surface area contributed by atoms with Crippen molar-refractivity contribution in [1.29, 1.82) is 0 Å². The van der Waals surface area contributed by atoms with Crippen molar-refractivity contribution in [1.82, 2.24) is 9.80 Å². The van der Waals surface area contributed by atoms with Crippen molar-refractivity contribution in [2.24, 2.45) is 0 Å². The lowest BCUT2D eigenvalue weighted by Crippen LogP contribution is -2.49. The number of carbonyl (C=O) groups is 2. The average molecular weight is 443 g/mol. The number of hydrogen-bond acceptors (Lipinski definition) is 5. The summed E-state index contributed by atoms with van der Waals surface area (Å²) in [6.45, 7) is 3.59. The van der Waals surface area contributed by atoms with Crippen LogP contribution >= 0.6 is 11.6 Å². The van der Waals surface area contributed by atoms with E-state index in [0.717, 1.165) is 25.5 Å². The zero-order chi connectivity index (χ0) is 21.2. The zero-order valence-electron chi connectivity index (χ0n) is 16.8. The number of cyclic esters (lactones) is 1. The van der Waals surface area contributed by atoms with Crippen LogP contribution in [0.5, 0.6) is 0 Å². The topological polar surface area (TPSA) is 84.0 Å². The van der Waals surface area contributed by atoms with Crippen LogP contribution in [-0.2, 0) is 14.6 Å². The number of hydrogen-bond donors (Lipinski definition) is 0. The lowest BCUT2D eigenvalue weighted by atomic mass is 9.99. The number of nitrogens with zero attached hydrogens (tertiary/aromatic N) is 2. The molecule has 3 rings (SSSR count). The van der Waals surface area contributed by atoms with Gasteiger partial charge in [0.2, 0.25) is 0 Å². The van der Waals surface area contributed by atoms with Gasteiger partial charge in [0.05, 0.1) is 21.5 Å². The monoisotopic (exact) mass is 442 g/mol. The van der Waals surface area contributed by atoms with Crippen LogP contribution in [0.4, 0.5) is 4.79 Å². The normalized spacial score (nSPS) is 20.8. The van der Waals surface area contributed by atoms with Gasteiger partial charge in [-0.25, -0.2) is 13.2 Å². The highest BCUT2D eigenvalue weighted by Crippen LogP contribution is 2.28. The number of amides is 2. The van der Waals surface area contributed by atoms with E-state index in [2.05, 4.69) is 6.92 Å². The van der Waals surface area contributed by atoms with Crippen molar-refractivity contribution in [2.75, 3.05) is 26.0 Å². The minimum absolute atomic E-state index is 0.0685. The van der Waals surface area contributed by atoms with Gasteiger partial charge in [0.1, 0.15) is 6.61 Å². The SMILES string of the molecule is CCCCC1COC(=O)N1C1CCN(C(=O)c2ccc(S(C)(=O)=O)cc2Cl)CC1. The Balaban J connectivity index is 1.64. The molecule has 160 valence electrons. The third kappa shape index (κ3) is 4.86. The molecule has 0 aliphatic carbocycles. The van der Waals surface area contributed by atoms with Crippen molar-refractivity contribution >= 4 is 33.4 Å². The highest BCUT2D eigenvalue weighted by molar-refractivity contribution is 7.90. The van der Waals surface area contributed by atoms with Crippen LogP contribution in [0.15, 0.2) is 23.1 Å². The Hall–Kier alpha value is -1.80. The number of rotatable bonds is 6. The molecule has 0 spiro atoms. The van der Waals surface area contributed by atoms with E-state index >= 15 is 0 Å². The molecule has 1 aromatic carbocycles. The maximum Gasteiger partial charge on any atom is 0.410 e. The van der Waals surface area contributed by atoms with Gasteiger partial charge in [-0.3, -0.25) is 9.69 Å². The van der Waals surface area contributed by atoms with Crippen molar-refractivity contribution in [3.8, 4) is 0 Å². The molecule has 2 amide bonds. The van der Waals surface area contributed by atoms with Gasteiger partial charge >= 0.3 is 6.09 Å². The Morgan fingerprint density at radius 1 is 1.28 bits per heavy atom. The molecule has 0 radical (unpaired) electrons. The Bertz CT molecular complexity index is 881. The van der Waals surface area contributed by atoms with Gasteiger partial charge in [-0.05, 0) is 37.5 Å². The quantitative estimate of drug-likeness (QED) is 0.674. The molecule has 2 saturated heterocycles. The van der Waals surface area contributed by atoms with Crippen molar-refractivity contribution in [3.05, 3.63) is 28.8 Å². The number of sulfone groups is 1. The molecule has 0 bridgehead atoms. The second-order valence-corrected chi connectivity index (χ2v) is 10.1. The molecule has 1 unspecified atom stereocenters. The van der Waals surface area contributed by atoms with Gasteiger partial charge in [0.25, 0.3) is 5.91 Å². The first kappa shape index (κ1) is 21.9. The molecule has 1 aromatic rings. The molecule has 7 nitrogen and oxygen atoms in total. The molecule has 29 heavy (non-hydrogen) atoms. The van der Waals surface area contributed by atoms with E-state index in [0.29, 0.717) is 38.1 Å². The third-order valence-corrected chi connectivity index (χ3v) is 7.06. The number of unbranched alkanes of at least 4 members (excludes halogenated alkanes) is 1. The first-order chi connectivity index (χ1) is 13.7. The number of benzene rings is 1. The van der Waals surface area contributed by atoms with Crippen LogP contribution in [0.25, 0.3) is 0 Å². The lowest BCUT2D eigenvalue weighted by molar-refractivity contribution is 0.0633. The van der Waals surface area contributed by atoms with Gasteiger partial charge in [-0.1, -0.05) is 31.4 Å². The molecule has 1 atom stereocenters. The summed E-state index contributed by atoms with van der Waals surface area (Å²) in [5.41, 5.74) is 0.291. The smallest absolute Gasteiger partial charge is 0.410 e. The van der Waals surface area contributed by atoms with E-state index in [-0.39, 0.29) is 34.0 Å². The van der Waals surface area contributed by atoms with E-state index in [1.54, 1.807) is 4.90 Å². The summed E-state index contributed by atoms with van der Waals surface area (Å²) in [4.78, 5) is 28.7. The molecule has 2 aliphatic rings. The molecular weight excluding hydrogens is 416 g/mol. The fourth-order valence-electron chi connectivity index (χ4n) is 4.00. The molecule has 2 aliphatic heterocycles. The Morgan fingerprint density at radius 2 is 1.97 bits per heavy atom. The zero-order valence-corrected chi connectivity index (χ0v) is 18.3. The summed E-state index contributed by atoms with van der Waals surface area (Å²) in [6, 6.07) is 4.37. The minimum Gasteiger partial charge on any atom is -0.447 e. The molecule has 0 saturated carbocycles. The van der Waals surface area contributed by atoms with Gasteiger partial charge in [0, 0.05) is 25.4 Å². The van der Waals surface area contributed by atoms with Crippen LogP contribution in [-0.4, -0.2) is 68.3 Å². The highest BCUT2D eigenvalue weighted by atomic mass is 35.5. The summed E-state index contributed by atoms with van der Waals surface area (Å²) >= 11 is 6.19. The number of likely N-dealkylation sites (tertiary alicyclic amines) is 1. The number of ether oxygens (including phenoxy) is 1. The number of piperidine rings is 1. The van der Waals surface area contributed by atoms with Crippen molar-refractivity contribution in [3.63, 3.8) is 0 Å². The van der Waals surface area contributed by atoms with E-state index in [4.69, 9.17) is 16.3 Å². The number of halogens is 1. The van der Waals surface area contributed by atoms with Crippen LogP contribution in [0.1, 0.15) is 49.4 Å². The summed E-state index contributed by atoms with van der Waals surface area (Å²) in [5, 5.41) is 0.128. The predicted molar refractivity (Wildman–Crippen MR) is 110 cm³/mol. The highest BCUT2D eigenvalue weighted by Gasteiger charge is 2.39. The maximum atomic E-state index is 12.9. The summed E-state index contributed by atoms with van der Waals surface area (Å²) in [6.07, 6.45) is 5.27. The van der Waals surface area contributed by atoms with Gasteiger partial charge in [-0.2, -0.15) is 0 Å². The fraction of sp³-hybridized carbons (Fsp3) is 0.600. The van der Waals surface area contributed by atoms with E-state index < -0.39 is 9.84 Å². The lowest BCUT2D eigenvalue weighted by Gasteiger charge is -2.38. The van der Waals surface area contributed by atoms with Crippen molar-refractivity contribution in [2.45, 2.75) is 56.0 Å². The summed E-state index contributed by atoms with van der Waals surface area (Å²) in [5.74, 6) is -0.222. The molecule has 9 heteroatoms. The van der Waals surface area contributed by atoms with Crippen molar-refractivity contribution < 1.29 is 22.7 Å². The summed E-state index contributed by atoms with van der Waals surface area (Å²) < 4.78 is 28.6. The van der Waals surface area contributed by atoms with E-state index in [1.807, 2.05) is 4.90 Å². The van der Waals surface area contributed by atoms with E-state index in [9.17, 15) is 18.0 Å². The van der Waals surface area contributed by atoms with Gasteiger partial charge in [0.15, 0.2) is 9.84 Å². The Kier molecular flexibility index (Phi) is 6.73. The fourth-order valence-corrected chi connectivity index (χ4v) is 4.97. The molecule has 0 N–H and O–H groups in total. The Labute approximate surface area is 176 Å². The Morgan fingerprint density at radius 3 is 2.55 bits per heavy atom. The van der Waals surface area contributed by atoms with Gasteiger partial charge in [-0.15, -0.1) is 0 Å². The first-order valence-corrected chi connectivity index (χ1v) is 12.2. The third-order valence-electron chi connectivity index (χ3n) is 5.64. The molecular formula is C20H27ClN2O5S. The van der Waals surface area contributed by atoms with Crippen LogP contribution < -0.4 is 0 Å². The number of carbonyl (C=O) groups excluding carboxylic acids is 2. The largest absolute Gasteiger partial charge is 0.447 e. The minimum atomic E-state index is -3.39. The molecule has 2 heterocycles. The second-order valence-electron chi connectivity index (χ2n) is 7.72. The average Bonchev–Trinajstić information content (AvgIpc) is 3.05.